The van der Waals surface area contributed by atoms with Crippen molar-refractivity contribution in [1.82, 2.24) is 0 Å². The minimum absolute atomic E-state index is 0.0392. The van der Waals surface area contributed by atoms with Gasteiger partial charge in [0.05, 0.1) is 4.92 Å². The van der Waals surface area contributed by atoms with E-state index in [0.717, 1.165) is 11.1 Å². The monoisotopic (exact) mass is 285 g/mol. The number of nitro benzene ring substituents is 1. The number of nitro groups is 1. The molecule has 0 atom stereocenters. The van der Waals surface area contributed by atoms with Gasteiger partial charge in [-0.25, -0.2) is 4.79 Å². The second kappa shape index (κ2) is 5.75. The SMILES string of the molecule is Cc1cccc(C)c1OC(=O)c1cccc(C)c1[N+](=O)[O-]. The maximum Gasteiger partial charge on any atom is 0.350 e. The first-order valence-corrected chi connectivity index (χ1v) is 6.44. The molecule has 0 unspecified atom stereocenters. The van der Waals surface area contributed by atoms with Gasteiger partial charge in [0.25, 0.3) is 5.69 Å². The summed E-state index contributed by atoms with van der Waals surface area (Å²) in [6.45, 7) is 5.23. The molecular weight excluding hydrogens is 270 g/mol. The molecule has 2 aromatic rings. The van der Waals surface area contributed by atoms with Crippen LogP contribution in [0.4, 0.5) is 5.69 Å². The first-order chi connectivity index (χ1) is 9.91. The predicted molar refractivity (Wildman–Crippen MR) is 78.7 cm³/mol. The summed E-state index contributed by atoms with van der Waals surface area (Å²) in [7, 11) is 0. The van der Waals surface area contributed by atoms with E-state index in [0.29, 0.717) is 11.3 Å². The standard InChI is InChI=1S/C16H15NO4/c1-10-6-5-9-13(14(10)17(19)20)16(18)21-15-11(2)7-4-8-12(15)3/h4-9H,1-3H3. The molecule has 5 nitrogen and oxygen atoms in total. The van der Waals surface area contributed by atoms with E-state index in [2.05, 4.69) is 0 Å². The van der Waals surface area contributed by atoms with Crippen LogP contribution in [0.5, 0.6) is 5.75 Å². The quantitative estimate of drug-likeness (QED) is 0.373. The summed E-state index contributed by atoms with van der Waals surface area (Å²) in [6, 6.07) is 10.1. The summed E-state index contributed by atoms with van der Waals surface area (Å²) in [6.07, 6.45) is 0. The van der Waals surface area contributed by atoms with E-state index in [1.54, 1.807) is 19.1 Å². The Kier molecular flexibility index (Phi) is 4.03. The fourth-order valence-corrected chi connectivity index (χ4v) is 2.17. The highest BCUT2D eigenvalue weighted by atomic mass is 16.6. The van der Waals surface area contributed by atoms with Crippen LogP contribution in [0.25, 0.3) is 0 Å². The first-order valence-electron chi connectivity index (χ1n) is 6.44. The number of hydrogen-bond acceptors (Lipinski definition) is 4. The number of aryl methyl sites for hydroxylation is 3. The smallest absolute Gasteiger partial charge is 0.350 e. The van der Waals surface area contributed by atoms with Gasteiger partial charge in [0.2, 0.25) is 0 Å². The zero-order chi connectivity index (χ0) is 15.6. The molecule has 0 amide bonds. The van der Waals surface area contributed by atoms with Crippen molar-refractivity contribution in [2.45, 2.75) is 20.8 Å². The van der Waals surface area contributed by atoms with Crippen molar-refractivity contribution in [3.63, 3.8) is 0 Å². The molecule has 0 aliphatic carbocycles. The molecule has 0 saturated heterocycles. The predicted octanol–water partition coefficient (Wildman–Crippen LogP) is 3.74. The normalized spacial score (nSPS) is 10.2. The highest BCUT2D eigenvalue weighted by Gasteiger charge is 2.24. The minimum atomic E-state index is -0.720. The third-order valence-corrected chi connectivity index (χ3v) is 3.24. The molecule has 5 heteroatoms. The van der Waals surface area contributed by atoms with Crippen LogP contribution < -0.4 is 4.74 Å². The van der Waals surface area contributed by atoms with E-state index in [1.807, 2.05) is 32.0 Å². The van der Waals surface area contributed by atoms with Crippen LogP contribution in [-0.2, 0) is 0 Å². The Morgan fingerprint density at radius 1 is 1.00 bits per heavy atom. The second-order valence-corrected chi connectivity index (χ2v) is 4.84. The molecule has 0 aliphatic heterocycles. The number of carbonyl (C=O) groups excluding carboxylic acids is 1. The third-order valence-electron chi connectivity index (χ3n) is 3.24. The summed E-state index contributed by atoms with van der Waals surface area (Å²) in [4.78, 5) is 22.8. The highest BCUT2D eigenvalue weighted by Crippen LogP contribution is 2.27. The molecule has 0 radical (unpaired) electrons. The van der Waals surface area contributed by atoms with Crippen LogP contribution in [0.15, 0.2) is 36.4 Å². The maximum atomic E-state index is 12.3. The third kappa shape index (κ3) is 2.91. The molecule has 0 spiro atoms. The molecule has 0 fully saturated rings. The van der Waals surface area contributed by atoms with E-state index in [-0.39, 0.29) is 11.3 Å². The number of para-hydroxylation sites is 2. The van der Waals surface area contributed by atoms with Gasteiger partial charge >= 0.3 is 5.97 Å². The van der Waals surface area contributed by atoms with Crippen LogP contribution >= 0.6 is 0 Å². The van der Waals surface area contributed by atoms with Crippen molar-refractivity contribution in [3.8, 4) is 5.75 Å². The summed E-state index contributed by atoms with van der Waals surface area (Å²) in [5.74, 6) is -0.277. The zero-order valence-corrected chi connectivity index (χ0v) is 12.0. The summed E-state index contributed by atoms with van der Waals surface area (Å²) in [5.41, 5.74) is 1.78. The number of ether oxygens (including phenoxy) is 1. The van der Waals surface area contributed by atoms with Crippen molar-refractivity contribution in [2.75, 3.05) is 0 Å². The molecule has 0 bridgehead atoms. The van der Waals surface area contributed by atoms with Gasteiger partial charge in [-0.1, -0.05) is 30.3 Å². The van der Waals surface area contributed by atoms with Crippen molar-refractivity contribution < 1.29 is 14.5 Å². The van der Waals surface area contributed by atoms with Crippen LogP contribution in [0, 0.1) is 30.9 Å². The second-order valence-electron chi connectivity index (χ2n) is 4.84. The zero-order valence-electron chi connectivity index (χ0n) is 12.0. The van der Waals surface area contributed by atoms with Gasteiger partial charge in [0, 0.05) is 5.56 Å². The average Bonchev–Trinajstić information content (AvgIpc) is 2.42. The van der Waals surface area contributed by atoms with E-state index in [1.165, 1.54) is 6.07 Å². The average molecular weight is 285 g/mol. The Balaban J connectivity index is 2.43. The van der Waals surface area contributed by atoms with Gasteiger partial charge in [-0.15, -0.1) is 0 Å². The summed E-state index contributed by atoms with van der Waals surface area (Å²) < 4.78 is 5.36. The molecule has 0 N–H and O–H groups in total. The Morgan fingerprint density at radius 2 is 1.52 bits per heavy atom. The fourth-order valence-electron chi connectivity index (χ4n) is 2.17. The van der Waals surface area contributed by atoms with Gasteiger partial charge in [0.15, 0.2) is 0 Å². The van der Waals surface area contributed by atoms with E-state index >= 15 is 0 Å². The maximum absolute atomic E-state index is 12.3. The Labute approximate surface area is 122 Å². The molecule has 2 rings (SSSR count). The van der Waals surface area contributed by atoms with Crippen molar-refractivity contribution >= 4 is 11.7 Å². The van der Waals surface area contributed by atoms with Crippen LogP contribution in [0.1, 0.15) is 27.0 Å². The Bertz CT molecular complexity index is 702. The van der Waals surface area contributed by atoms with Gasteiger partial charge < -0.3 is 4.74 Å². The van der Waals surface area contributed by atoms with Crippen LogP contribution in [0.2, 0.25) is 0 Å². The van der Waals surface area contributed by atoms with Crippen LogP contribution in [0.3, 0.4) is 0 Å². The molecule has 0 aromatic heterocycles. The molecule has 0 heterocycles. The number of carbonyl (C=O) groups is 1. The largest absolute Gasteiger partial charge is 0.422 e. The fraction of sp³-hybridized carbons (Fsp3) is 0.188. The number of rotatable bonds is 3. The molecule has 108 valence electrons. The topological polar surface area (TPSA) is 69.4 Å². The number of hydrogen-bond donors (Lipinski definition) is 0. The lowest BCUT2D eigenvalue weighted by atomic mass is 10.1. The first kappa shape index (κ1) is 14.7. The lowest BCUT2D eigenvalue weighted by Crippen LogP contribution is -2.13. The number of nitrogens with zero attached hydrogens (tertiary/aromatic N) is 1. The van der Waals surface area contributed by atoms with Crippen molar-refractivity contribution in [3.05, 3.63) is 68.8 Å². The number of benzene rings is 2. The van der Waals surface area contributed by atoms with E-state index in [4.69, 9.17) is 4.74 Å². The Morgan fingerprint density at radius 3 is 2.10 bits per heavy atom. The van der Waals surface area contributed by atoms with Gasteiger partial charge in [-0.2, -0.15) is 0 Å². The van der Waals surface area contributed by atoms with Gasteiger partial charge in [0.1, 0.15) is 11.3 Å². The van der Waals surface area contributed by atoms with Gasteiger partial charge in [-0.05, 0) is 38.0 Å². The molecular formula is C16H15NO4. The Hall–Kier alpha value is -2.69. The lowest BCUT2D eigenvalue weighted by molar-refractivity contribution is -0.385. The summed E-state index contributed by atoms with van der Waals surface area (Å²) >= 11 is 0. The lowest BCUT2D eigenvalue weighted by Gasteiger charge is -2.10. The van der Waals surface area contributed by atoms with Gasteiger partial charge in [-0.3, -0.25) is 10.1 Å². The number of esters is 1. The minimum Gasteiger partial charge on any atom is -0.422 e. The van der Waals surface area contributed by atoms with Crippen molar-refractivity contribution in [2.24, 2.45) is 0 Å². The van der Waals surface area contributed by atoms with E-state index in [9.17, 15) is 14.9 Å². The summed E-state index contributed by atoms with van der Waals surface area (Å²) in [5, 5.41) is 11.1. The highest BCUT2D eigenvalue weighted by molar-refractivity contribution is 5.96. The molecule has 2 aromatic carbocycles. The van der Waals surface area contributed by atoms with E-state index < -0.39 is 10.9 Å². The van der Waals surface area contributed by atoms with Crippen molar-refractivity contribution in [1.29, 1.82) is 0 Å². The molecule has 0 aliphatic rings. The molecule has 21 heavy (non-hydrogen) atoms. The van der Waals surface area contributed by atoms with Crippen LogP contribution in [-0.4, -0.2) is 10.9 Å². The molecule has 0 saturated carbocycles.